The monoisotopic (exact) mass is 214 g/mol. The molecule has 2 nitrogen and oxygen atoms in total. The van der Waals surface area contributed by atoms with Crippen molar-refractivity contribution in [3.8, 4) is 0 Å². The van der Waals surface area contributed by atoms with Gasteiger partial charge in [-0.15, -0.1) is 0 Å². The van der Waals surface area contributed by atoms with Crippen LogP contribution in [0, 0.1) is 0 Å². The number of aldehydes is 2. The first kappa shape index (κ1) is 12.1. The van der Waals surface area contributed by atoms with E-state index in [1.807, 2.05) is 36.4 Å². The maximum atomic E-state index is 10.4. The van der Waals surface area contributed by atoms with Crippen LogP contribution in [0.15, 0.2) is 35.4 Å². The van der Waals surface area contributed by atoms with Crippen molar-refractivity contribution < 1.29 is 9.59 Å². The molecule has 0 heterocycles. The Labute approximate surface area is 95.3 Å². The van der Waals surface area contributed by atoms with Crippen molar-refractivity contribution in [2.45, 2.75) is 13.8 Å². The Morgan fingerprint density at radius 3 is 1.38 bits per heavy atom. The Hall–Kier alpha value is -1.96. The lowest BCUT2D eigenvalue weighted by atomic mass is 10.1. The second-order valence-electron chi connectivity index (χ2n) is 3.68. The van der Waals surface area contributed by atoms with Crippen LogP contribution in [0.5, 0.6) is 0 Å². The summed E-state index contributed by atoms with van der Waals surface area (Å²) in [7, 11) is 0. The van der Waals surface area contributed by atoms with E-state index >= 15 is 0 Å². The molecule has 0 radical (unpaired) electrons. The molecule has 16 heavy (non-hydrogen) atoms. The standard InChI is InChI=1S/C14H14O2/c1-11(9-15)7-13-3-5-14(6-4-13)8-12(2)10-16/h3-10H,1-2H3. The SMILES string of the molecule is CC(C=O)=Cc1ccc(C=C(C)C=O)cc1. The van der Waals surface area contributed by atoms with E-state index < -0.39 is 0 Å². The summed E-state index contributed by atoms with van der Waals surface area (Å²) in [5, 5.41) is 0. The van der Waals surface area contributed by atoms with Gasteiger partial charge >= 0.3 is 0 Å². The van der Waals surface area contributed by atoms with Crippen LogP contribution >= 0.6 is 0 Å². The van der Waals surface area contributed by atoms with Gasteiger partial charge in [0, 0.05) is 0 Å². The summed E-state index contributed by atoms with van der Waals surface area (Å²) in [5.41, 5.74) is 3.33. The van der Waals surface area contributed by atoms with Gasteiger partial charge in [-0.2, -0.15) is 0 Å². The van der Waals surface area contributed by atoms with Crippen LogP contribution in [0.4, 0.5) is 0 Å². The van der Waals surface area contributed by atoms with Crippen LogP contribution in [-0.4, -0.2) is 12.6 Å². The quantitative estimate of drug-likeness (QED) is 0.570. The van der Waals surface area contributed by atoms with E-state index in [1.54, 1.807) is 13.8 Å². The molecule has 1 aromatic carbocycles. The van der Waals surface area contributed by atoms with Crippen LogP contribution in [0.1, 0.15) is 25.0 Å². The summed E-state index contributed by atoms with van der Waals surface area (Å²) >= 11 is 0. The fourth-order valence-electron chi connectivity index (χ4n) is 1.28. The van der Waals surface area contributed by atoms with Crippen molar-refractivity contribution in [2.24, 2.45) is 0 Å². The molecule has 0 aliphatic carbocycles. The second-order valence-corrected chi connectivity index (χ2v) is 3.68. The lowest BCUT2D eigenvalue weighted by Gasteiger charge is -1.97. The molecule has 0 aliphatic heterocycles. The lowest BCUT2D eigenvalue weighted by molar-refractivity contribution is -0.105. The molecule has 82 valence electrons. The Bertz CT molecular complexity index is 393. The van der Waals surface area contributed by atoms with Gasteiger partial charge in [-0.05, 0) is 48.3 Å². The third-order valence-electron chi connectivity index (χ3n) is 2.10. The highest BCUT2D eigenvalue weighted by atomic mass is 16.1. The summed E-state index contributed by atoms with van der Waals surface area (Å²) < 4.78 is 0. The Morgan fingerprint density at radius 1 is 0.812 bits per heavy atom. The molecule has 2 heteroatoms. The second kappa shape index (κ2) is 5.81. The molecule has 1 aromatic rings. The summed E-state index contributed by atoms with van der Waals surface area (Å²) in [5.74, 6) is 0. The zero-order valence-electron chi connectivity index (χ0n) is 9.44. The highest BCUT2D eigenvalue weighted by Gasteiger charge is 1.92. The van der Waals surface area contributed by atoms with Crippen molar-refractivity contribution in [2.75, 3.05) is 0 Å². The highest BCUT2D eigenvalue weighted by Crippen LogP contribution is 2.10. The van der Waals surface area contributed by atoms with Crippen LogP contribution in [0.3, 0.4) is 0 Å². The first-order chi connectivity index (χ1) is 7.65. The molecule has 0 atom stereocenters. The topological polar surface area (TPSA) is 34.1 Å². The largest absolute Gasteiger partial charge is 0.298 e. The normalized spacial score (nSPS) is 12.4. The zero-order chi connectivity index (χ0) is 12.0. The highest BCUT2D eigenvalue weighted by molar-refractivity contribution is 5.82. The molecule has 0 saturated carbocycles. The fourth-order valence-corrected chi connectivity index (χ4v) is 1.28. The van der Waals surface area contributed by atoms with Gasteiger partial charge < -0.3 is 0 Å². The van der Waals surface area contributed by atoms with E-state index in [0.717, 1.165) is 23.7 Å². The van der Waals surface area contributed by atoms with Gasteiger partial charge in [0.25, 0.3) is 0 Å². The van der Waals surface area contributed by atoms with Crippen molar-refractivity contribution in [1.82, 2.24) is 0 Å². The van der Waals surface area contributed by atoms with Crippen molar-refractivity contribution in [3.63, 3.8) is 0 Å². The molecule has 0 fully saturated rings. The average molecular weight is 214 g/mol. The van der Waals surface area contributed by atoms with Gasteiger partial charge in [-0.3, -0.25) is 9.59 Å². The molecule has 0 saturated heterocycles. The predicted octanol–water partition coefficient (Wildman–Crippen LogP) is 2.89. The predicted molar refractivity (Wildman–Crippen MR) is 65.9 cm³/mol. The lowest BCUT2D eigenvalue weighted by Crippen LogP contribution is -1.81. The Balaban J connectivity index is 2.91. The Morgan fingerprint density at radius 2 is 1.12 bits per heavy atom. The number of hydrogen-bond acceptors (Lipinski definition) is 2. The molecule has 0 amide bonds. The summed E-state index contributed by atoms with van der Waals surface area (Å²) in [6, 6.07) is 7.65. The minimum Gasteiger partial charge on any atom is -0.298 e. The first-order valence-corrected chi connectivity index (χ1v) is 5.02. The maximum Gasteiger partial charge on any atom is 0.145 e. The molecule has 0 bridgehead atoms. The van der Waals surface area contributed by atoms with E-state index in [1.165, 1.54) is 0 Å². The number of carbonyl (C=O) groups excluding carboxylic acids is 2. The van der Waals surface area contributed by atoms with Crippen molar-refractivity contribution >= 4 is 24.7 Å². The smallest absolute Gasteiger partial charge is 0.145 e. The van der Waals surface area contributed by atoms with Crippen LogP contribution in [-0.2, 0) is 9.59 Å². The molecule has 0 aliphatic rings. The minimum absolute atomic E-state index is 0.687. The Kier molecular flexibility index (Phi) is 4.40. The molecule has 0 spiro atoms. The van der Waals surface area contributed by atoms with E-state index in [9.17, 15) is 9.59 Å². The molecule has 1 rings (SSSR count). The van der Waals surface area contributed by atoms with Gasteiger partial charge in [-0.1, -0.05) is 24.3 Å². The number of benzene rings is 1. The fraction of sp³-hybridized carbons (Fsp3) is 0.143. The van der Waals surface area contributed by atoms with E-state index in [0.29, 0.717) is 11.1 Å². The molecule has 0 N–H and O–H groups in total. The van der Waals surface area contributed by atoms with E-state index in [-0.39, 0.29) is 0 Å². The molecule has 0 unspecified atom stereocenters. The average Bonchev–Trinajstić information content (AvgIpc) is 2.31. The van der Waals surface area contributed by atoms with E-state index in [4.69, 9.17) is 0 Å². The third-order valence-corrected chi connectivity index (χ3v) is 2.10. The van der Waals surface area contributed by atoms with E-state index in [2.05, 4.69) is 0 Å². The van der Waals surface area contributed by atoms with Crippen LogP contribution in [0.2, 0.25) is 0 Å². The third kappa shape index (κ3) is 3.65. The number of hydrogen-bond donors (Lipinski definition) is 0. The zero-order valence-corrected chi connectivity index (χ0v) is 9.44. The van der Waals surface area contributed by atoms with Gasteiger partial charge in [0.1, 0.15) is 12.6 Å². The number of carbonyl (C=O) groups is 2. The summed E-state index contributed by atoms with van der Waals surface area (Å²) in [6.07, 6.45) is 5.27. The maximum absolute atomic E-state index is 10.4. The molecular weight excluding hydrogens is 200 g/mol. The van der Waals surface area contributed by atoms with Gasteiger partial charge in [0.15, 0.2) is 0 Å². The van der Waals surface area contributed by atoms with Gasteiger partial charge in [-0.25, -0.2) is 0 Å². The van der Waals surface area contributed by atoms with Crippen LogP contribution in [0.25, 0.3) is 12.2 Å². The number of allylic oxidation sites excluding steroid dienone is 2. The molecule has 0 aromatic heterocycles. The first-order valence-electron chi connectivity index (χ1n) is 5.02. The number of rotatable bonds is 4. The summed E-state index contributed by atoms with van der Waals surface area (Å²) in [4.78, 5) is 20.9. The van der Waals surface area contributed by atoms with Crippen molar-refractivity contribution in [3.05, 3.63) is 46.5 Å². The minimum atomic E-state index is 0.687. The van der Waals surface area contributed by atoms with Gasteiger partial charge in [0.05, 0.1) is 0 Å². The van der Waals surface area contributed by atoms with Gasteiger partial charge in [0.2, 0.25) is 0 Å². The molecular formula is C14H14O2. The van der Waals surface area contributed by atoms with Crippen molar-refractivity contribution in [1.29, 1.82) is 0 Å². The van der Waals surface area contributed by atoms with Crippen LogP contribution < -0.4 is 0 Å². The summed E-state index contributed by atoms with van der Waals surface area (Å²) in [6.45, 7) is 3.52.